The van der Waals surface area contributed by atoms with E-state index in [1.165, 1.54) is 11.3 Å². The van der Waals surface area contributed by atoms with E-state index in [-0.39, 0.29) is 11.8 Å². The Morgan fingerprint density at radius 1 is 1.05 bits per heavy atom. The quantitative estimate of drug-likeness (QED) is 0.232. The fourth-order valence-electron chi connectivity index (χ4n) is 5.54. The number of carbonyl (C=O) groups is 1. The molecule has 204 valence electrons. The molecule has 1 unspecified atom stereocenters. The number of oxazole rings is 1. The van der Waals surface area contributed by atoms with E-state index in [0.717, 1.165) is 36.2 Å². The number of amides is 1. The number of benzene rings is 4. The van der Waals surface area contributed by atoms with Gasteiger partial charge in [0.2, 0.25) is 5.89 Å². The third-order valence-corrected chi connectivity index (χ3v) is 7.88. The molecule has 6 rings (SSSR count). The van der Waals surface area contributed by atoms with Crippen LogP contribution in [0.15, 0.2) is 95.4 Å². The lowest BCUT2D eigenvalue weighted by molar-refractivity contribution is 0.0951. The fraction of sp³-hybridized carbons (Fsp3) is 0.229. The monoisotopic (exact) mass is 540 g/mol. The first-order valence-electron chi connectivity index (χ1n) is 14.1. The van der Waals surface area contributed by atoms with Gasteiger partial charge in [0, 0.05) is 47.9 Å². The van der Waals surface area contributed by atoms with E-state index >= 15 is 0 Å². The van der Waals surface area contributed by atoms with Gasteiger partial charge in [-0.25, -0.2) is 4.98 Å². The Bertz CT molecular complexity index is 1720. The second-order valence-electron chi connectivity index (χ2n) is 11.0. The molecule has 4 aromatic carbocycles. The smallest absolute Gasteiger partial charge is 0.251 e. The molecule has 1 saturated heterocycles. The lowest BCUT2D eigenvalue weighted by Crippen LogP contribution is -2.23. The maximum Gasteiger partial charge on any atom is 0.251 e. The second-order valence-corrected chi connectivity index (χ2v) is 11.0. The molecule has 1 aliphatic rings. The van der Waals surface area contributed by atoms with Gasteiger partial charge in [0.15, 0.2) is 5.58 Å². The van der Waals surface area contributed by atoms with E-state index in [4.69, 9.17) is 4.42 Å². The molecule has 1 amide bonds. The van der Waals surface area contributed by atoms with Gasteiger partial charge in [-0.3, -0.25) is 4.79 Å². The molecule has 1 aromatic heterocycles. The maximum atomic E-state index is 12.9. The highest BCUT2D eigenvalue weighted by atomic mass is 16.3. The number of aromatic nitrogens is 1. The zero-order valence-electron chi connectivity index (χ0n) is 23.3. The normalized spacial score (nSPS) is 14.9. The van der Waals surface area contributed by atoms with Crippen LogP contribution in [-0.2, 0) is 6.54 Å². The second kappa shape index (κ2) is 11.3. The minimum absolute atomic E-state index is 0.135. The fourth-order valence-corrected chi connectivity index (χ4v) is 5.54. The van der Waals surface area contributed by atoms with Crippen LogP contribution in [0.1, 0.15) is 64.7 Å². The zero-order chi connectivity index (χ0) is 28.3. The summed E-state index contributed by atoms with van der Waals surface area (Å²) in [6.45, 7) is 6.66. The first-order valence-corrected chi connectivity index (χ1v) is 14.1. The summed E-state index contributed by atoms with van der Waals surface area (Å²) < 4.78 is 6.10. The van der Waals surface area contributed by atoms with Crippen molar-refractivity contribution in [3.63, 3.8) is 0 Å². The third-order valence-electron chi connectivity index (χ3n) is 7.88. The molecule has 0 aliphatic carbocycles. The van der Waals surface area contributed by atoms with Crippen molar-refractivity contribution in [2.45, 2.75) is 38.6 Å². The van der Waals surface area contributed by atoms with Gasteiger partial charge in [-0.2, -0.15) is 5.26 Å². The van der Waals surface area contributed by atoms with Crippen LogP contribution < -0.4 is 10.2 Å². The van der Waals surface area contributed by atoms with Crippen molar-refractivity contribution in [2.75, 3.05) is 18.0 Å². The predicted octanol–water partition coefficient (Wildman–Crippen LogP) is 7.41. The Morgan fingerprint density at radius 2 is 1.80 bits per heavy atom. The Hall–Kier alpha value is -4.89. The highest BCUT2D eigenvalue weighted by molar-refractivity contribution is 5.94. The number of hydrogen-bond donors (Lipinski definition) is 1. The minimum Gasteiger partial charge on any atom is -0.436 e. The summed E-state index contributed by atoms with van der Waals surface area (Å²) in [5, 5.41) is 12.4. The molecule has 1 fully saturated rings. The van der Waals surface area contributed by atoms with Gasteiger partial charge in [0.1, 0.15) is 5.52 Å². The lowest BCUT2D eigenvalue weighted by atomic mass is 9.99. The molecule has 5 aromatic rings. The SMILES string of the molecule is CC(C)c1cc(C#N)cc2nc(-c3ccc(C(=O)NCc4ccc(N5CCC(c6ccccc6)C5)cc4)cc3)oc12. The van der Waals surface area contributed by atoms with Crippen molar-refractivity contribution < 1.29 is 9.21 Å². The van der Waals surface area contributed by atoms with Crippen molar-refractivity contribution in [3.05, 3.63) is 119 Å². The number of nitriles is 1. The van der Waals surface area contributed by atoms with Gasteiger partial charge in [-0.15, -0.1) is 0 Å². The van der Waals surface area contributed by atoms with Crippen molar-refractivity contribution >= 4 is 22.7 Å². The first-order chi connectivity index (χ1) is 20.0. The molecule has 6 heteroatoms. The van der Waals surface area contributed by atoms with E-state index in [0.29, 0.717) is 40.6 Å². The van der Waals surface area contributed by atoms with E-state index in [2.05, 4.69) is 89.7 Å². The van der Waals surface area contributed by atoms with Crippen molar-refractivity contribution in [1.82, 2.24) is 10.3 Å². The Balaban J connectivity index is 1.07. The molecule has 1 atom stereocenters. The number of hydrogen-bond acceptors (Lipinski definition) is 5. The van der Waals surface area contributed by atoms with Gasteiger partial charge in [0.05, 0.1) is 11.6 Å². The first kappa shape index (κ1) is 26.3. The summed E-state index contributed by atoms with van der Waals surface area (Å²) >= 11 is 0. The van der Waals surface area contributed by atoms with E-state index in [9.17, 15) is 10.1 Å². The number of nitrogens with zero attached hydrogens (tertiary/aromatic N) is 3. The van der Waals surface area contributed by atoms with Gasteiger partial charge >= 0.3 is 0 Å². The van der Waals surface area contributed by atoms with Crippen molar-refractivity contribution in [2.24, 2.45) is 0 Å². The summed E-state index contributed by atoms with van der Waals surface area (Å²) in [6, 6.07) is 32.3. The standard InChI is InChI=1S/C35H32N4O2/c1-23(2)31-18-25(20-36)19-32-33(31)41-35(38-32)28-12-10-27(11-13-28)34(40)37-21-24-8-14-30(15-9-24)39-17-16-29(22-39)26-6-4-3-5-7-26/h3-15,18-19,23,29H,16-17,21-22H2,1-2H3,(H,37,40). The van der Waals surface area contributed by atoms with Crippen LogP contribution in [-0.4, -0.2) is 24.0 Å². The van der Waals surface area contributed by atoms with E-state index < -0.39 is 0 Å². The molecule has 0 radical (unpaired) electrons. The van der Waals surface area contributed by atoms with Gasteiger partial charge in [-0.05, 0) is 72.0 Å². The average molecular weight is 541 g/mol. The van der Waals surface area contributed by atoms with Crippen molar-refractivity contribution in [3.8, 4) is 17.5 Å². The summed E-state index contributed by atoms with van der Waals surface area (Å²) in [4.78, 5) is 19.9. The lowest BCUT2D eigenvalue weighted by Gasteiger charge is -2.19. The van der Waals surface area contributed by atoms with Crippen molar-refractivity contribution in [1.29, 1.82) is 5.26 Å². The van der Waals surface area contributed by atoms with Gasteiger partial charge in [0.25, 0.3) is 5.91 Å². The highest BCUT2D eigenvalue weighted by Gasteiger charge is 2.24. The average Bonchev–Trinajstić information content (AvgIpc) is 3.68. The number of carbonyl (C=O) groups excluding carboxylic acids is 1. The Morgan fingerprint density at radius 3 is 2.51 bits per heavy atom. The number of fused-ring (bicyclic) bond motifs is 1. The number of rotatable bonds is 7. The molecule has 0 saturated carbocycles. The molecule has 41 heavy (non-hydrogen) atoms. The predicted molar refractivity (Wildman–Crippen MR) is 162 cm³/mol. The molecule has 1 N–H and O–H groups in total. The molecule has 2 heterocycles. The molecular weight excluding hydrogens is 508 g/mol. The Kier molecular flexibility index (Phi) is 7.26. The largest absolute Gasteiger partial charge is 0.436 e. The zero-order valence-corrected chi connectivity index (χ0v) is 23.3. The third kappa shape index (κ3) is 5.57. The molecule has 0 spiro atoms. The topological polar surface area (TPSA) is 82.2 Å². The van der Waals surface area contributed by atoms with E-state index in [1.54, 1.807) is 18.2 Å². The van der Waals surface area contributed by atoms with Crippen LogP contribution in [0.5, 0.6) is 0 Å². The van der Waals surface area contributed by atoms with Crippen LogP contribution in [0, 0.1) is 11.3 Å². The van der Waals surface area contributed by atoms with E-state index in [1.807, 2.05) is 18.2 Å². The van der Waals surface area contributed by atoms with Crippen LogP contribution in [0.4, 0.5) is 5.69 Å². The molecule has 1 aliphatic heterocycles. The summed E-state index contributed by atoms with van der Waals surface area (Å²) in [5.41, 5.74) is 7.91. The summed E-state index contributed by atoms with van der Waals surface area (Å²) in [7, 11) is 0. The van der Waals surface area contributed by atoms with Crippen LogP contribution in [0.2, 0.25) is 0 Å². The van der Waals surface area contributed by atoms with Crippen LogP contribution in [0.3, 0.4) is 0 Å². The van der Waals surface area contributed by atoms with Crippen LogP contribution in [0.25, 0.3) is 22.6 Å². The molecule has 6 nitrogen and oxygen atoms in total. The molecular formula is C35H32N4O2. The Labute approximate surface area is 240 Å². The molecule has 0 bridgehead atoms. The summed E-state index contributed by atoms with van der Waals surface area (Å²) in [5.74, 6) is 1.10. The maximum absolute atomic E-state index is 12.9. The van der Waals surface area contributed by atoms with Crippen LogP contribution >= 0.6 is 0 Å². The minimum atomic E-state index is -0.135. The number of anilines is 1. The van der Waals surface area contributed by atoms with Gasteiger partial charge < -0.3 is 14.6 Å². The highest BCUT2D eigenvalue weighted by Crippen LogP contribution is 2.32. The summed E-state index contributed by atoms with van der Waals surface area (Å²) in [6.07, 6.45) is 1.16. The van der Waals surface area contributed by atoms with Gasteiger partial charge in [-0.1, -0.05) is 56.3 Å². The number of nitrogens with one attached hydrogen (secondary N) is 1.